The second-order valence-corrected chi connectivity index (χ2v) is 3.61. The summed E-state index contributed by atoms with van der Waals surface area (Å²) < 4.78 is 5.09. The van der Waals surface area contributed by atoms with Gasteiger partial charge in [0.25, 0.3) is 0 Å². The predicted molar refractivity (Wildman–Crippen MR) is 47.1 cm³/mol. The van der Waals surface area contributed by atoms with Crippen LogP contribution in [0, 0.1) is 6.92 Å². The maximum atomic E-state index is 9.29. The van der Waals surface area contributed by atoms with Gasteiger partial charge in [-0.05, 0) is 13.3 Å². The lowest BCUT2D eigenvalue weighted by atomic mass is 10.3. The van der Waals surface area contributed by atoms with Gasteiger partial charge in [-0.3, -0.25) is 4.90 Å². The first-order valence-electron chi connectivity index (χ1n) is 4.56. The molecule has 4 heteroatoms. The van der Waals surface area contributed by atoms with Crippen molar-refractivity contribution in [1.82, 2.24) is 10.1 Å². The summed E-state index contributed by atoms with van der Waals surface area (Å²) in [7, 11) is 0. The molecular weight excluding hydrogens is 168 g/mol. The molecule has 0 aromatic carbocycles. The van der Waals surface area contributed by atoms with Crippen molar-refractivity contribution in [3.63, 3.8) is 0 Å². The Morgan fingerprint density at radius 2 is 2.62 bits per heavy atom. The molecule has 13 heavy (non-hydrogen) atoms. The molecule has 2 rings (SSSR count). The monoisotopic (exact) mass is 182 g/mol. The van der Waals surface area contributed by atoms with Crippen molar-refractivity contribution in [1.29, 1.82) is 0 Å². The van der Waals surface area contributed by atoms with Crippen LogP contribution in [0.2, 0.25) is 0 Å². The van der Waals surface area contributed by atoms with Gasteiger partial charge in [-0.2, -0.15) is 0 Å². The number of likely N-dealkylation sites (tertiary alicyclic amines) is 1. The maximum absolute atomic E-state index is 9.29. The molecule has 1 aliphatic heterocycles. The van der Waals surface area contributed by atoms with Crippen LogP contribution < -0.4 is 0 Å². The van der Waals surface area contributed by atoms with Crippen molar-refractivity contribution in [2.24, 2.45) is 0 Å². The molecule has 0 amide bonds. The van der Waals surface area contributed by atoms with Crippen LogP contribution in [0.25, 0.3) is 0 Å². The fourth-order valence-electron chi connectivity index (χ4n) is 1.67. The van der Waals surface area contributed by atoms with Crippen molar-refractivity contribution in [3.8, 4) is 0 Å². The Balaban J connectivity index is 1.91. The van der Waals surface area contributed by atoms with Gasteiger partial charge in [-0.25, -0.2) is 0 Å². The van der Waals surface area contributed by atoms with Gasteiger partial charge in [0, 0.05) is 19.2 Å². The molecule has 0 unspecified atom stereocenters. The molecule has 1 N–H and O–H groups in total. The van der Waals surface area contributed by atoms with Gasteiger partial charge in [0.15, 0.2) is 5.76 Å². The van der Waals surface area contributed by atoms with Crippen LogP contribution in [-0.2, 0) is 6.54 Å². The van der Waals surface area contributed by atoms with Gasteiger partial charge in [0.1, 0.15) is 0 Å². The smallest absolute Gasteiger partial charge is 0.150 e. The van der Waals surface area contributed by atoms with E-state index in [2.05, 4.69) is 10.1 Å². The highest BCUT2D eigenvalue weighted by molar-refractivity contribution is 5.03. The quantitative estimate of drug-likeness (QED) is 0.725. The Morgan fingerprint density at radius 1 is 1.77 bits per heavy atom. The standard InChI is InChI=1S/C9H14N2O2/c1-7-4-9(13-10-7)6-11-3-2-8(12)5-11/h4,8,12H,2-3,5-6H2,1H3/t8-/m0/s1. The SMILES string of the molecule is Cc1cc(CN2CC[C@H](O)C2)on1. The minimum absolute atomic E-state index is 0.163. The average Bonchev–Trinajstić information content (AvgIpc) is 2.62. The first-order valence-corrected chi connectivity index (χ1v) is 4.56. The Bertz CT molecular complexity index is 285. The van der Waals surface area contributed by atoms with E-state index in [0.29, 0.717) is 0 Å². The van der Waals surface area contributed by atoms with E-state index in [0.717, 1.165) is 37.5 Å². The maximum Gasteiger partial charge on any atom is 0.150 e. The number of aryl methyl sites for hydroxylation is 1. The van der Waals surface area contributed by atoms with Crippen molar-refractivity contribution in [2.45, 2.75) is 26.0 Å². The zero-order valence-corrected chi connectivity index (χ0v) is 7.73. The molecule has 0 saturated carbocycles. The van der Waals surface area contributed by atoms with Crippen LogP contribution in [0.5, 0.6) is 0 Å². The molecule has 1 fully saturated rings. The lowest BCUT2D eigenvalue weighted by Gasteiger charge is -2.11. The Morgan fingerprint density at radius 3 is 3.15 bits per heavy atom. The normalized spacial score (nSPS) is 24.0. The predicted octanol–water partition coefficient (Wildman–Crippen LogP) is 0.550. The third-order valence-corrected chi connectivity index (χ3v) is 2.30. The minimum atomic E-state index is -0.163. The van der Waals surface area contributed by atoms with E-state index in [4.69, 9.17) is 4.52 Å². The van der Waals surface area contributed by atoms with Gasteiger partial charge >= 0.3 is 0 Å². The van der Waals surface area contributed by atoms with Crippen LogP contribution in [0.1, 0.15) is 17.9 Å². The third-order valence-electron chi connectivity index (χ3n) is 2.30. The van der Waals surface area contributed by atoms with E-state index >= 15 is 0 Å². The number of aromatic nitrogens is 1. The second-order valence-electron chi connectivity index (χ2n) is 3.61. The van der Waals surface area contributed by atoms with E-state index in [1.165, 1.54) is 0 Å². The number of hydrogen-bond donors (Lipinski definition) is 1. The number of β-amino-alcohol motifs (C(OH)–C–C–N with tert-alkyl or cyclic N) is 1. The van der Waals surface area contributed by atoms with Gasteiger partial charge in [0.05, 0.1) is 18.3 Å². The zero-order chi connectivity index (χ0) is 9.26. The largest absolute Gasteiger partial charge is 0.392 e. The van der Waals surface area contributed by atoms with Crippen molar-refractivity contribution in [2.75, 3.05) is 13.1 Å². The van der Waals surface area contributed by atoms with Crippen molar-refractivity contribution in [3.05, 3.63) is 17.5 Å². The minimum Gasteiger partial charge on any atom is -0.392 e. The van der Waals surface area contributed by atoms with Crippen LogP contribution in [0.4, 0.5) is 0 Å². The number of nitrogens with zero attached hydrogens (tertiary/aromatic N) is 2. The summed E-state index contributed by atoms with van der Waals surface area (Å²) in [6.07, 6.45) is 0.705. The summed E-state index contributed by atoms with van der Waals surface area (Å²) >= 11 is 0. The molecule has 0 radical (unpaired) electrons. The van der Waals surface area contributed by atoms with Gasteiger partial charge in [-0.15, -0.1) is 0 Å². The van der Waals surface area contributed by atoms with Gasteiger partial charge in [-0.1, -0.05) is 5.16 Å². The molecule has 1 aliphatic rings. The Kier molecular flexibility index (Phi) is 2.33. The number of aliphatic hydroxyl groups is 1. The molecule has 0 bridgehead atoms. The zero-order valence-electron chi connectivity index (χ0n) is 7.73. The average molecular weight is 182 g/mol. The van der Waals surface area contributed by atoms with Gasteiger partial charge in [0.2, 0.25) is 0 Å². The topological polar surface area (TPSA) is 49.5 Å². The molecule has 1 atom stereocenters. The van der Waals surface area contributed by atoms with E-state index in [-0.39, 0.29) is 6.10 Å². The van der Waals surface area contributed by atoms with E-state index in [1.807, 2.05) is 13.0 Å². The summed E-state index contributed by atoms with van der Waals surface area (Å²) in [6, 6.07) is 1.94. The summed E-state index contributed by atoms with van der Waals surface area (Å²) in [4.78, 5) is 2.17. The van der Waals surface area contributed by atoms with Crippen LogP contribution in [-0.4, -0.2) is 34.4 Å². The molecule has 4 nitrogen and oxygen atoms in total. The fraction of sp³-hybridized carbons (Fsp3) is 0.667. The Hall–Kier alpha value is -0.870. The molecule has 1 saturated heterocycles. The fourth-order valence-corrected chi connectivity index (χ4v) is 1.67. The molecular formula is C9H14N2O2. The second kappa shape index (κ2) is 3.47. The summed E-state index contributed by atoms with van der Waals surface area (Å²) in [5.74, 6) is 0.881. The lowest BCUT2D eigenvalue weighted by Crippen LogP contribution is -2.21. The molecule has 1 aromatic heterocycles. The highest BCUT2D eigenvalue weighted by Gasteiger charge is 2.20. The lowest BCUT2D eigenvalue weighted by molar-refractivity contribution is 0.170. The van der Waals surface area contributed by atoms with E-state index in [1.54, 1.807) is 0 Å². The first kappa shape index (κ1) is 8.72. The number of hydrogen-bond acceptors (Lipinski definition) is 4. The van der Waals surface area contributed by atoms with Crippen LogP contribution >= 0.6 is 0 Å². The highest BCUT2D eigenvalue weighted by Crippen LogP contribution is 2.13. The summed E-state index contributed by atoms with van der Waals surface area (Å²) in [6.45, 7) is 4.37. The first-order chi connectivity index (χ1) is 6.24. The Labute approximate surface area is 77.1 Å². The summed E-state index contributed by atoms with van der Waals surface area (Å²) in [5, 5.41) is 13.1. The summed E-state index contributed by atoms with van der Waals surface area (Å²) in [5.41, 5.74) is 0.912. The van der Waals surface area contributed by atoms with Crippen LogP contribution in [0.3, 0.4) is 0 Å². The van der Waals surface area contributed by atoms with Crippen molar-refractivity contribution < 1.29 is 9.63 Å². The third kappa shape index (κ3) is 2.08. The van der Waals surface area contributed by atoms with Crippen molar-refractivity contribution >= 4 is 0 Å². The van der Waals surface area contributed by atoms with Gasteiger partial charge < -0.3 is 9.63 Å². The molecule has 1 aromatic rings. The van der Waals surface area contributed by atoms with E-state index in [9.17, 15) is 5.11 Å². The molecule has 72 valence electrons. The number of rotatable bonds is 2. The molecule has 0 aliphatic carbocycles. The number of aliphatic hydroxyl groups excluding tert-OH is 1. The highest BCUT2D eigenvalue weighted by atomic mass is 16.5. The van der Waals surface area contributed by atoms with E-state index < -0.39 is 0 Å². The van der Waals surface area contributed by atoms with Crippen LogP contribution in [0.15, 0.2) is 10.6 Å². The molecule has 2 heterocycles. The molecule has 0 spiro atoms.